The second-order valence-corrected chi connectivity index (χ2v) is 16.0. The molecule has 2 atom stereocenters. The summed E-state index contributed by atoms with van der Waals surface area (Å²) in [6, 6.07) is 29.2. The number of hydrogen-bond acceptors (Lipinski definition) is 9. The van der Waals surface area contributed by atoms with Gasteiger partial charge in [0.2, 0.25) is 0 Å². The van der Waals surface area contributed by atoms with Crippen molar-refractivity contribution in [3.8, 4) is 50.8 Å². The molecule has 4 aromatic heterocycles. The van der Waals surface area contributed by atoms with Gasteiger partial charge >= 0.3 is 0 Å². The lowest BCUT2D eigenvalue weighted by Crippen LogP contribution is -2.13. The number of aromatic nitrogens is 6. The smallest absolute Gasteiger partial charge is 0.123 e. The number of hydrogen-bond donors (Lipinski definition) is 1. The van der Waals surface area contributed by atoms with E-state index >= 15 is 0 Å². The number of ether oxygens (including phenoxy) is 2. The van der Waals surface area contributed by atoms with Crippen molar-refractivity contribution in [2.45, 2.75) is 54.4 Å². The van der Waals surface area contributed by atoms with Gasteiger partial charge in [0, 0.05) is 47.5 Å². The Morgan fingerprint density at radius 2 is 1.15 bits per heavy atom. The molecule has 0 amide bonds. The number of methoxy groups -OCH3 is 1. The van der Waals surface area contributed by atoms with E-state index in [0.717, 1.165) is 104 Å². The number of imidazole rings is 2. The molecule has 0 unspecified atom stereocenters. The van der Waals surface area contributed by atoms with Crippen LogP contribution in [0.25, 0.3) is 45.0 Å². The van der Waals surface area contributed by atoms with E-state index in [0.29, 0.717) is 13.2 Å². The third-order valence-corrected chi connectivity index (χ3v) is 12.0. The molecule has 1 N–H and O–H groups in total. The van der Waals surface area contributed by atoms with Crippen molar-refractivity contribution in [2.75, 3.05) is 32.8 Å². The standard InChI is InChI=1S/C27H26FN3O2S.C19H18FN3OS/c1-32-23-10-3-18(4-11-23)16-33-17-22-9-12-24-30-26(19-5-7-21(28)8-6-19)27(31(22)24)20-13-14-29-25(15-20)34-2;1-25-17-10-13(8-9-21-17)19-18(12-2-4-14(20)5-3-12)22-16-7-6-15(11-24)23(16)19/h3-8,10-11,13-15,22H,9,12,16-17H2,1-2H3;2-5,8-10,15,24H,6-7,11H2,1H3/t22-;15-/m00/s1. The molecule has 9 rings (SSSR count). The number of nitrogens with zero attached hydrogens (tertiary/aromatic N) is 6. The van der Waals surface area contributed by atoms with E-state index in [1.54, 1.807) is 61.1 Å². The van der Waals surface area contributed by atoms with Crippen LogP contribution in [-0.2, 0) is 24.2 Å². The number of aliphatic hydroxyl groups is 1. The minimum atomic E-state index is -0.265. The van der Waals surface area contributed by atoms with Gasteiger partial charge < -0.3 is 23.7 Å². The molecule has 3 aromatic carbocycles. The van der Waals surface area contributed by atoms with Gasteiger partial charge in [-0.3, -0.25) is 0 Å². The molecule has 2 aliphatic heterocycles. The number of pyridine rings is 2. The summed E-state index contributed by atoms with van der Waals surface area (Å²) in [7, 11) is 1.66. The Hall–Kier alpha value is -5.34. The van der Waals surface area contributed by atoms with Crippen LogP contribution < -0.4 is 4.74 Å². The van der Waals surface area contributed by atoms with Crippen molar-refractivity contribution < 1.29 is 23.4 Å². The van der Waals surface area contributed by atoms with Gasteiger partial charge in [0.1, 0.15) is 29.0 Å². The summed E-state index contributed by atoms with van der Waals surface area (Å²) in [4.78, 5) is 18.6. The number of rotatable bonds is 12. The van der Waals surface area contributed by atoms with Gasteiger partial charge in [0.25, 0.3) is 0 Å². The largest absolute Gasteiger partial charge is 0.497 e. The normalized spacial score (nSPS) is 15.4. The molecule has 0 saturated carbocycles. The third-order valence-electron chi connectivity index (χ3n) is 10.7. The Morgan fingerprint density at radius 3 is 1.63 bits per heavy atom. The van der Waals surface area contributed by atoms with Gasteiger partial charge in [-0.2, -0.15) is 0 Å². The number of halogens is 2. The van der Waals surface area contributed by atoms with Crippen LogP contribution in [0.4, 0.5) is 8.78 Å². The molecular formula is C46H44F2N6O3S2. The molecule has 13 heteroatoms. The zero-order chi connectivity index (χ0) is 40.9. The third kappa shape index (κ3) is 8.70. The van der Waals surface area contributed by atoms with E-state index in [9.17, 15) is 13.9 Å². The molecule has 302 valence electrons. The Bertz CT molecular complexity index is 2530. The maximum atomic E-state index is 13.6. The molecule has 0 spiro atoms. The van der Waals surface area contributed by atoms with Crippen molar-refractivity contribution in [1.29, 1.82) is 0 Å². The Morgan fingerprint density at radius 1 is 0.661 bits per heavy atom. The highest BCUT2D eigenvalue weighted by Gasteiger charge is 2.31. The molecule has 7 aromatic rings. The minimum Gasteiger partial charge on any atom is -0.497 e. The lowest BCUT2D eigenvalue weighted by atomic mass is 10.0. The average molecular weight is 831 g/mol. The van der Waals surface area contributed by atoms with Gasteiger partial charge in [0.05, 0.1) is 71.8 Å². The fraction of sp³-hybridized carbons (Fsp3) is 0.261. The van der Waals surface area contributed by atoms with E-state index < -0.39 is 0 Å². The van der Waals surface area contributed by atoms with Crippen LogP contribution in [0.3, 0.4) is 0 Å². The highest BCUT2D eigenvalue weighted by molar-refractivity contribution is 7.98. The second kappa shape index (κ2) is 18.3. The molecule has 0 saturated heterocycles. The fourth-order valence-corrected chi connectivity index (χ4v) is 8.64. The lowest BCUT2D eigenvalue weighted by Gasteiger charge is -2.18. The SMILES string of the molecule is COc1ccc(COC[C@@H]2CCc3nc(-c4ccc(F)cc4)c(-c4ccnc(SC)c4)n32)cc1.CSc1cc(-c2c(-c3ccc(F)cc3)nc3n2[C@H](CO)CC3)ccn1. The molecule has 0 fully saturated rings. The summed E-state index contributed by atoms with van der Waals surface area (Å²) in [6.07, 6.45) is 11.2. The first-order valence-corrected chi connectivity index (χ1v) is 21.9. The molecular weight excluding hydrogens is 787 g/mol. The van der Waals surface area contributed by atoms with E-state index in [1.165, 1.54) is 24.3 Å². The van der Waals surface area contributed by atoms with E-state index in [-0.39, 0.29) is 30.3 Å². The predicted molar refractivity (Wildman–Crippen MR) is 230 cm³/mol. The summed E-state index contributed by atoms with van der Waals surface area (Å²) in [5.74, 6) is 2.32. The van der Waals surface area contributed by atoms with Gasteiger partial charge in [-0.1, -0.05) is 12.1 Å². The molecule has 6 heterocycles. The van der Waals surface area contributed by atoms with E-state index in [2.05, 4.69) is 25.2 Å². The maximum absolute atomic E-state index is 13.6. The summed E-state index contributed by atoms with van der Waals surface area (Å²) < 4.78 is 42.8. The van der Waals surface area contributed by atoms with Crippen LogP contribution in [0.2, 0.25) is 0 Å². The first-order chi connectivity index (χ1) is 28.9. The van der Waals surface area contributed by atoms with Crippen molar-refractivity contribution in [3.63, 3.8) is 0 Å². The number of thioether (sulfide) groups is 2. The first-order valence-electron chi connectivity index (χ1n) is 19.4. The van der Waals surface area contributed by atoms with E-state index in [1.807, 2.05) is 61.2 Å². The summed E-state index contributed by atoms with van der Waals surface area (Å²) in [5.41, 5.74) is 8.65. The van der Waals surface area contributed by atoms with Crippen molar-refractivity contribution >= 4 is 23.5 Å². The number of fused-ring (bicyclic) bond motifs is 2. The summed E-state index contributed by atoms with van der Waals surface area (Å²) in [5, 5.41) is 11.7. The number of aryl methyl sites for hydroxylation is 2. The van der Waals surface area contributed by atoms with Gasteiger partial charge in [-0.15, -0.1) is 23.5 Å². The van der Waals surface area contributed by atoms with Crippen LogP contribution in [-0.4, -0.2) is 67.0 Å². The molecule has 0 bridgehead atoms. The molecule has 9 nitrogen and oxygen atoms in total. The molecule has 59 heavy (non-hydrogen) atoms. The van der Waals surface area contributed by atoms with Crippen molar-refractivity contribution in [2.24, 2.45) is 0 Å². The first kappa shape index (κ1) is 40.4. The predicted octanol–water partition coefficient (Wildman–Crippen LogP) is 10.1. The minimum absolute atomic E-state index is 0.0255. The zero-order valence-electron chi connectivity index (χ0n) is 33.0. The average Bonchev–Trinajstić information content (AvgIpc) is 4.06. The second-order valence-electron chi connectivity index (χ2n) is 14.3. The van der Waals surface area contributed by atoms with Crippen LogP contribution in [0.1, 0.15) is 42.1 Å². The van der Waals surface area contributed by atoms with Crippen LogP contribution in [0, 0.1) is 11.6 Å². The van der Waals surface area contributed by atoms with Crippen LogP contribution >= 0.6 is 23.5 Å². The summed E-state index contributed by atoms with van der Waals surface area (Å²) >= 11 is 3.19. The topological polar surface area (TPSA) is 100 Å². The van der Waals surface area contributed by atoms with Crippen LogP contribution in [0.15, 0.2) is 120 Å². The Kier molecular flexibility index (Phi) is 12.5. The van der Waals surface area contributed by atoms with Gasteiger partial charge in [0.15, 0.2) is 0 Å². The van der Waals surface area contributed by atoms with E-state index in [4.69, 9.17) is 19.4 Å². The number of aliphatic hydroxyl groups excluding tert-OH is 1. The highest BCUT2D eigenvalue weighted by Crippen LogP contribution is 2.42. The number of benzene rings is 3. The van der Waals surface area contributed by atoms with Crippen molar-refractivity contribution in [1.82, 2.24) is 29.1 Å². The summed E-state index contributed by atoms with van der Waals surface area (Å²) in [6.45, 7) is 1.21. The Balaban J connectivity index is 0.000000172. The van der Waals surface area contributed by atoms with Crippen molar-refractivity contribution in [3.05, 3.63) is 138 Å². The Labute approximate surface area is 350 Å². The maximum Gasteiger partial charge on any atom is 0.123 e. The highest BCUT2D eigenvalue weighted by atomic mass is 32.2. The molecule has 0 radical (unpaired) electrons. The van der Waals surface area contributed by atoms with Gasteiger partial charge in [-0.05, 0) is 116 Å². The fourth-order valence-electron chi connectivity index (χ4n) is 7.82. The van der Waals surface area contributed by atoms with Gasteiger partial charge in [-0.25, -0.2) is 28.7 Å². The molecule has 0 aliphatic carbocycles. The quantitative estimate of drug-likeness (QED) is 0.121. The zero-order valence-corrected chi connectivity index (χ0v) is 34.6. The van der Waals surface area contributed by atoms with Crippen LogP contribution in [0.5, 0.6) is 5.75 Å². The molecule has 2 aliphatic rings. The monoisotopic (exact) mass is 830 g/mol. The lowest BCUT2D eigenvalue weighted by molar-refractivity contribution is 0.0925.